The standard InChI is InChI=1S/C17H22O/c1-11-5-6-13-14(9-11)18-17(4)12-7-8-15(2,10-12)16(13,17)3/h5-6,9,12H,7-8,10H2,1-4H3. The molecule has 1 nitrogen and oxygen atoms in total. The van der Waals surface area contributed by atoms with Gasteiger partial charge in [-0.3, -0.25) is 0 Å². The smallest absolute Gasteiger partial charge is 0.124 e. The Kier molecular flexibility index (Phi) is 1.69. The predicted octanol–water partition coefficient (Wildman–Crippen LogP) is 4.22. The Morgan fingerprint density at radius 2 is 2.00 bits per heavy atom. The summed E-state index contributed by atoms with van der Waals surface area (Å²) in [5.41, 5.74) is 3.41. The number of hydrogen-bond donors (Lipinski definition) is 0. The third-order valence-electron chi connectivity index (χ3n) is 6.72. The Labute approximate surface area is 110 Å². The molecule has 2 aliphatic carbocycles. The topological polar surface area (TPSA) is 9.23 Å². The number of ether oxygens (including phenoxy) is 1. The van der Waals surface area contributed by atoms with Crippen molar-refractivity contribution in [3.63, 3.8) is 0 Å². The molecule has 2 saturated carbocycles. The highest BCUT2D eigenvalue weighted by molar-refractivity contribution is 5.53. The monoisotopic (exact) mass is 242 g/mol. The van der Waals surface area contributed by atoms with Gasteiger partial charge in [-0.2, -0.15) is 0 Å². The number of rotatable bonds is 0. The number of fused-ring (bicyclic) bond motifs is 7. The maximum Gasteiger partial charge on any atom is 0.124 e. The highest BCUT2D eigenvalue weighted by atomic mass is 16.5. The maximum atomic E-state index is 6.50. The SMILES string of the molecule is Cc1ccc2c(c1)OC1(C)C3CCC(C)(C3)C21C. The van der Waals surface area contributed by atoms with Gasteiger partial charge in [-0.25, -0.2) is 0 Å². The van der Waals surface area contributed by atoms with E-state index in [0.29, 0.717) is 5.41 Å². The summed E-state index contributed by atoms with van der Waals surface area (Å²) in [4.78, 5) is 0. The second-order valence-electron chi connectivity index (χ2n) is 7.33. The number of hydrogen-bond acceptors (Lipinski definition) is 1. The molecule has 0 spiro atoms. The van der Waals surface area contributed by atoms with Crippen LogP contribution in [0.2, 0.25) is 0 Å². The van der Waals surface area contributed by atoms with Gasteiger partial charge in [0.25, 0.3) is 0 Å². The van der Waals surface area contributed by atoms with E-state index in [9.17, 15) is 0 Å². The first kappa shape index (κ1) is 10.9. The first-order chi connectivity index (χ1) is 8.41. The fraction of sp³-hybridized carbons (Fsp3) is 0.647. The Balaban J connectivity index is 2.00. The molecule has 1 heterocycles. The van der Waals surface area contributed by atoms with Crippen molar-refractivity contribution in [2.75, 3.05) is 0 Å². The zero-order valence-corrected chi connectivity index (χ0v) is 11.8. The first-order valence-corrected chi connectivity index (χ1v) is 7.21. The van der Waals surface area contributed by atoms with Crippen molar-refractivity contribution in [1.29, 1.82) is 0 Å². The van der Waals surface area contributed by atoms with Crippen LogP contribution in [0, 0.1) is 18.3 Å². The molecule has 96 valence electrons. The Morgan fingerprint density at radius 3 is 2.78 bits per heavy atom. The fourth-order valence-corrected chi connectivity index (χ4v) is 5.31. The van der Waals surface area contributed by atoms with Crippen LogP contribution in [0.4, 0.5) is 0 Å². The molecule has 1 aromatic rings. The van der Waals surface area contributed by atoms with E-state index < -0.39 is 0 Å². The molecule has 0 aromatic heterocycles. The summed E-state index contributed by atoms with van der Waals surface area (Å²) >= 11 is 0. The quantitative estimate of drug-likeness (QED) is 0.661. The second kappa shape index (κ2) is 2.79. The zero-order valence-electron chi connectivity index (χ0n) is 11.8. The third-order valence-corrected chi connectivity index (χ3v) is 6.72. The lowest BCUT2D eigenvalue weighted by Gasteiger charge is -2.48. The van der Waals surface area contributed by atoms with Crippen molar-refractivity contribution in [2.45, 2.75) is 58.0 Å². The van der Waals surface area contributed by atoms with Gasteiger partial charge in [0.2, 0.25) is 0 Å². The Morgan fingerprint density at radius 1 is 1.22 bits per heavy atom. The summed E-state index contributed by atoms with van der Waals surface area (Å²) in [6.07, 6.45) is 4.04. The maximum absolute atomic E-state index is 6.50. The van der Waals surface area contributed by atoms with E-state index in [2.05, 4.69) is 45.9 Å². The molecule has 1 heteroatoms. The zero-order chi connectivity index (χ0) is 12.8. The van der Waals surface area contributed by atoms with E-state index in [1.54, 1.807) is 0 Å². The molecule has 0 radical (unpaired) electrons. The molecule has 2 bridgehead atoms. The molecular formula is C17H22O. The number of aryl methyl sites for hydroxylation is 1. The molecule has 2 fully saturated rings. The number of benzene rings is 1. The first-order valence-electron chi connectivity index (χ1n) is 7.21. The van der Waals surface area contributed by atoms with Crippen LogP contribution >= 0.6 is 0 Å². The molecule has 4 atom stereocenters. The summed E-state index contributed by atoms with van der Waals surface area (Å²) in [6, 6.07) is 6.79. The lowest BCUT2D eigenvalue weighted by atomic mass is 9.56. The molecular weight excluding hydrogens is 220 g/mol. The van der Waals surface area contributed by atoms with Crippen LogP contribution in [-0.4, -0.2) is 5.60 Å². The average Bonchev–Trinajstić information content (AvgIpc) is 2.85. The Hall–Kier alpha value is -0.980. The summed E-state index contributed by atoms with van der Waals surface area (Å²) in [5, 5.41) is 0. The van der Waals surface area contributed by atoms with Gasteiger partial charge in [-0.1, -0.05) is 26.0 Å². The van der Waals surface area contributed by atoms with E-state index in [0.717, 1.165) is 11.7 Å². The van der Waals surface area contributed by atoms with Crippen molar-refractivity contribution < 1.29 is 4.74 Å². The van der Waals surface area contributed by atoms with Gasteiger partial charge in [0, 0.05) is 11.0 Å². The summed E-state index contributed by atoms with van der Waals surface area (Å²) in [6.45, 7) is 9.44. The van der Waals surface area contributed by atoms with Crippen LogP contribution < -0.4 is 4.74 Å². The van der Waals surface area contributed by atoms with Crippen LogP contribution in [0.5, 0.6) is 5.75 Å². The van der Waals surface area contributed by atoms with E-state index in [-0.39, 0.29) is 11.0 Å². The van der Waals surface area contributed by atoms with Crippen molar-refractivity contribution in [1.82, 2.24) is 0 Å². The second-order valence-corrected chi connectivity index (χ2v) is 7.33. The normalized spacial score (nSPS) is 47.9. The molecule has 4 unspecified atom stereocenters. The van der Waals surface area contributed by atoms with Gasteiger partial charge in [0.1, 0.15) is 11.4 Å². The minimum atomic E-state index is 0.0239. The van der Waals surface area contributed by atoms with Crippen LogP contribution in [0.15, 0.2) is 18.2 Å². The van der Waals surface area contributed by atoms with Gasteiger partial charge < -0.3 is 4.74 Å². The lowest BCUT2D eigenvalue weighted by Crippen LogP contribution is -2.54. The molecule has 0 saturated heterocycles. The highest BCUT2D eigenvalue weighted by Gasteiger charge is 2.73. The van der Waals surface area contributed by atoms with Crippen molar-refractivity contribution >= 4 is 0 Å². The Bertz CT molecular complexity index is 549. The van der Waals surface area contributed by atoms with E-state index in [1.165, 1.54) is 30.4 Å². The molecule has 18 heavy (non-hydrogen) atoms. The van der Waals surface area contributed by atoms with Crippen molar-refractivity contribution in [3.05, 3.63) is 29.3 Å². The fourth-order valence-electron chi connectivity index (χ4n) is 5.31. The average molecular weight is 242 g/mol. The van der Waals surface area contributed by atoms with Gasteiger partial charge in [0.05, 0.1) is 0 Å². The van der Waals surface area contributed by atoms with Crippen molar-refractivity contribution in [2.24, 2.45) is 11.3 Å². The summed E-state index contributed by atoms with van der Waals surface area (Å²) in [7, 11) is 0. The van der Waals surface area contributed by atoms with Crippen LogP contribution in [0.1, 0.15) is 51.2 Å². The van der Waals surface area contributed by atoms with Gasteiger partial charge >= 0.3 is 0 Å². The van der Waals surface area contributed by atoms with Gasteiger partial charge in [-0.15, -0.1) is 0 Å². The highest BCUT2D eigenvalue weighted by Crippen LogP contribution is 2.73. The lowest BCUT2D eigenvalue weighted by molar-refractivity contribution is -0.0260. The van der Waals surface area contributed by atoms with E-state index in [1.807, 2.05) is 0 Å². The molecule has 3 aliphatic rings. The summed E-state index contributed by atoms with van der Waals surface area (Å²) in [5.74, 6) is 1.89. The largest absolute Gasteiger partial charge is 0.486 e. The third kappa shape index (κ3) is 0.877. The summed E-state index contributed by atoms with van der Waals surface area (Å²) < 4.78 is 6.50. The van der Waals surface area contributed by atoms with E-state index in [4.69, 9.17) is 4.74 Å². The minimum Gasteiger partial charge on any atom is -0.486 e. The molecule has 0 N–H and O–H groups in total. The van der Waals surface area contributed by atoms with E-state index >= 15 is 0 Å². The molecule has 1 aliphatic heterocycles. The van der Waals surface area contributed by atoms with Gasteiger partial charge in [-0.05, 0) is 56.1 Å². The predicted molar refractivity (Wildman–Crippen MR) is 73.0 cm³/mol. The van der Waals surface area contributed by atoms with Crippen LogP contribution in [-0.2, 0) is 5.41 Å². The minimum absolute atomic E-state index is 0.0239. The van der Waals surface area contributed by atoms with Crippen molar-refractivity contribution in [3.8, 4) is 5.75 Å². The van der Waals surface area contributed by atoms with Gasteiger partial charge in [0.15, 0.2) is 0 Å². The van der Waals surface area contributed by atoms with Crippen LogP contribution in [0.25, 0.3) is 0 Å². The molecule has 0 amide bonds. The molecule has 1 aromatic carbocycles. The van der Waals surface area contributed by atoms with Crippen LogP contribution in [0.3, 0.4) is 0 Å². The molecule has 4 rings (SSSR count).